The Labute approximate surface area is 153 Å². The molecule has 1 unspecified atom stereocenters. The van der Waals surface area contributed by atoms with Crippen LogP contribution >= 0.6 is 0 Å². The van der Waals surface area contributed by atoms with Gasteiger partial charge in [0.25, 0.3) is 0 Å². The Hall–Kier alpha value is -2.77. The minimum absolute atomic E-state index is 0.125. The van der Waals surface area contributed by atoms with Crippen LogP contribution in [0.3, 0.4) is 0 Å². The highest BCUT2D eigenvalue weighted by Gasteiger charge is 2.27. The quantitative estimate of drug-likeness (QED) is 0.858. The molecule has 8 nitrogen and oxygen atoms in total. The molecule has 1 fully saturated rings. The van der Waals surface area contributed by atoms with Crippen LogP contribution in [0.4, 0.5) is 10.5 Å². The van der Waals surface area contributed by atoms with Crippen molar-refractivity contribution in [1.29, 1.82) is 0 Å². The molecule has 1 aliphatic rings. The second kappa shape index (κ2) is 8.55. The number of methoxy groups -OCH3 is 2. The van der Waals surface area contributed by atoms with Gasteiger partial charge in [0.15, 0.2) is 0 Å². The van der Waals surface area contributed by atoms with Crippen LogP contribution < -0.4 is 14.8 Å². The molecule has 2 aromatic rings. The van der Waals surface area contributed by atoms with Crippen molar-refractivity contribution in [3.05, 3.63) is 30.6 Å². The zero-order chi connectivity index (χ0) is 18.4. The Kier molecular flexibility index (Phi) is 5.93. The van der Waals surface area contributed by atoms with Crippen LogP contribution in [0.15, 0.2) is 30.6 Å². The van der Waals surface area contributed by atoms with Gasteiger partial charge in [-0.25, -0.2) is 4.79 Å². The van der Waals surface area contributed by atoms with E-state index in [0.717, 1.165) is 38.8 Å². The number of carbonyl (C=O) groups is 1. The van der Waals surface area contributed by atoms with Crippen molar-refractivity contribution in [2.24, 2.45) is 0 Å². The molecule has 1 aliphatic heterocycles. The van der Waals surface area contributed by atoms with Crippen LogP contribution in [0.1, 0.15) is 25.7 Å². The molecular formula is C18H25N5O3. The molecule has 2 aromatic heterocycles. The summed E-state index contributed by atoms with van der Waals surface area (Å²) in [7, 11) is 3.06. The molecule has 1 saturated heterocycles. The minimum atomic E-state index is -0.125. The van der Waals surface area contributed by atoms with E-state index < -0.39 is 0 Å². The number of likely N-dealkylation sites (tertiary alicyclic amines) is 1. The lowest BCUT2D eigenvalue weighted by Crippen LogP contribution is -2.46. The SMILES string of the molecule is COc1ccc(NC(=O)N2CCCCC2CCn2cccn2)c(OC)n1. The van der Waals surface area contributed by atoms with Crippen LogP contribution in [0, 0.1) is 0 Å². The Morgan fingerprint density at radius 1 is 1.31 bits per heavy atom. The lowest BCUT2D eigenvalue weighted by molar-refractivity contribution is 0.154. The first-order chi connectivity index (χ1) is 12.7. The number of rotatable bonds is 6. The van der Waals surface area contributed by atoms with E-state index in [0.29, 0.717) is 17.4 Å². The van der Waals surface area contributed by atoms with Gasteiger partial charge in [0.05, 0.1) is 14.2 Å². The minimum Gasteiger partial charge on any atom is -0.481 e. The number of pyridine rings is 1. The van der Waals surface area contributed by atoms with E-state index in [4.69, 9.17) is 9.47 Å². The molecule has 0 radical (unpaired) electrons. The van der Waals surface area contributed by atoms with E-state index in [1.165, 1.54) is 14.2 Å². The van der Waals surface area contributed by atoms with Crippen molar-refractivity contribution in [2.45, 2.75) is 38.3 Å². The molecule has 3 heterocycles. The van der Waals surface area contributed by atoms with Gasteiger partial charge in [-0.3, -0.25) is 4.68 Å². The maximum absolute atomic E-state index is 12.8. The van der Waals surface area contributed by atoms with Gasteiger partial charge in [0.1, 0.15) is 5.69 Å². The van der Waals surface area contributed by atoms with E-state index in [2.05, 4.69) is 15.4 Å². The highest BCUT2D eigenvalue weighted by atomic mass is 16.5. The molecule has 0 spiro atoms. The van der Waals surface area contributed by atoms with E-state index in [-0.39, 0.29) is 12.1 Å². The van der Waals surface area contributed by atoms with Gasteiger partial charge in [-0.1, -0.05) is 0 Å². The molecule has 0 aromatic carbocycles. The summed E-state index contributed by atoms with van der Waals surface area (Å²) in [5, 5.41) is 7.17. The summed E-state index contributed by atoms with van der Waals surface area (Å²) in [6.45, 7) is 1.55. The van der Waals surface area contributed by atoms with Gasteiger partial charge in [-0.05, 0) is 37.8 Å². The zero-order valence-electron chi connectivity index (χ0n) is 15.2. The summed E-state index contributed by atoms with van der Waals surface area (Å²) in [5.74, 6) is 0.776. The number of nitrogens with one attached hydrogen (secondary N) is 1. The smallest absolute Gasteiger partial charge is 0.322 e. The molecule has 26 heavy (non-hydrogen) atoms. The van der Waals surface area contributed by atoms with Crippen molar-refractivity contribution in [1.82, 2.24) is 19.7 Å². The van der Waals surface area contributed by atoms with E-state index in [1.54, 1.807) is 18.3 Å². The zero-order valence-corrected chi connectivity index (χ0v) is 15.2. The third-order valence-electron chi connectivity index (χ3n) is 4.62. The maximum atomic E-state index is 12.8. The number of hydrogen-bond donors (Lipinski definition) is 1. The fourth-order valence-corrected chi connectivity index (χ4v) is 3.26. The van der Waals surface area contributed by atoms with Crippen LogP contribution in [0.2, 0.25) is 0 Å². The Bertz CT molecular complexity index is 720. The summed E-state index contributed by atoms with van der Waals surface area (Å²) in [4.78, 5) is 19.0. The molecule has 0 aliphatic carbocycles. The van der Waals surface area contributed by atoms with Crippen LogP contribution in [0.25, 0.3) is 0 Å². The monoisotopic (exact) mass is 359 g/mol. The predicted molar refractivity (Wildman–Crippen MR) is 97.5 cm³/mol. The number of urea groups is 1. The van der Waals surface area contributed by atoms with Gasteiger partial charge in [-0.15, -0.1) is 0 Å². The van der Waals surface area contributed by atoms with Crippen LogP contribution in [-0.2, 0) is 6.54 Å². The molecule has 3 rings (SSSR count). The van der Waals surface area contributed by atoms with E-state index >= 15 is 0 Å². The van der Waals surface area contributed by atoms with Gasteiger partial charge in [0, 0.05) is 37.6 Å². The molecule has 8 heteroatoms. The predicted octanol–water partition coefficient (Wildman–Crippen LogP) is 2.77. The third kappa shape index (κ3) is 4.25. The molecule has 2 amide bonds. The summed E-state index contributed by atoms with van der Waals surface area (Å²) >= 11 is 0. The molecule has 1 N–H and O–H groups in total. The highest BCUT2D eigenvalue weighted by molar-refractivity contribution is 5.91. The fourth-order valence-electron chi connectivity index (χ4n) is 3.26. The van der Waals surface area contributed by atoms with Gasteiger partial charge < -0.3 is 19.7 Å². The number of aromatic nitrogens is 3. The summed E-state index contributed by atoms with van der Waals surface area (Å²) in [6.07, 6.45) is 7.76. The standard InChI is InChI=1S/C18H25N5O3/c1-25-16-8-7-15(17(21-16)26-2)20-18(24)23-12-4-3-6-14(23)9-13-22-11-5-10-19-22/h5,7-8,10-11,14H,3-4,6,9,12-13H2,1-2H3,(H,20,24). The first kappa shape index (κ1) is 18.0. The Morgan fingerprint density at radius 2 is 2.19 bits per heavy atom. The lowest BCUT2D eigenvalue weighted by atomic mass is 10.00. The average molecular weight is 359 g/mol. The number of aryl methyl sites for hydroxylation is 1. The number of ether oxygens (including phenoxy) is 2. The third-order valence-corrected chi connectivity index (χ3v) is 4.62. The fraction of sp³-hybridized carbons (Fsp3) is 0.500. The molecule has 140 valence electrons. The first-order valence-corrected chi connectivity index (χ1v) is 8.85. The lowest BCUT2D eigenvalue weighted by Gasteiger charge is -2.35. The molecular weight excluding hydrogens is 334 g/mol. The number of nitrogens with zero attached hydrogens (tertiary/aromatic N) is 4. The Balaban J connectivity index is 1.66. The topological polar surface area (TPSA) is 81.5 Å². The normalized spacial score (nSPS) is 17.0. The number of carbonyl (C=O) groups excluding carboxylic acids is 1. The number of hydrogen-bond acceptors (Lipinski definition) is 5. The molecule has 1 atom stereocenters. The van der Waals surface area contributed by atoms with Crippen molar-refractivity contribution < 1.29 is 14.3 Å². The van der Waals surface area contributed by atoms with Gasteiger partial charge in [-0.2, -0.15) is 10.1 Å². The number of anilines is 1. The van der Waals surface area contributed by atoms with Crippen molar-refractivity contribution in [3.8, 4) is 11.8 Å². The summed E-state index contributed by atoms with van der Waals surface area (Å²) in [6, 6.07) is 5.42. The average Bonchev–Trinajstić information content (AvgIpc) is 3.20. The van der Waals surface area contributed by atoms with Gasteiger partial charge in [0.2, 0.25) is 11.8 Å². The largest absolute Gasteiger partial charge is 0.481 e. The highest BCUT2D eigenvalue weighted by Crippen LogP contribution is 2.27. The second-order valence-corrected chi connectivity index (χ2v) is 6.24. The van der Waals surface area contributed by atoms with Crippen molar-refractivity contribution in [2.75, 3.05) is 26.1 Å². The second-order valence-electron chi connectivity index (χ2n) is 6.24. The molecule has 0 saturated carbocycles. The molecule has 0 bridgehead atoms. The summed E-state index contributed by atoms with van der Waals surface area (Å²) < 4.78 is 12.3. The van der Waals surface area contributed by atoms with Crippen molar-refractivity contribution >= 4 is 11.7 Å². The first-order valence-electron chi connectivity index (χ1n) is 8.85. The van der Waals surface area contributed by atoms with Crippen LogP contribution in [-0.4, -0.2) is 52.5 Å². The van der Waals surface area contributed by atoms with Gasteiger partial charge >= 0.3 is 6.03 Å². The number of piperidine rings is 1. The van der Waals surface area contributed by atoms with Crippen molar-refractivity contribution in [3.63, 3.8) is 0 Å². The Morgan fingerprint density at radius 3 is 2.92 bits per heavy atom. The van der Waals surface area contributed by atoms with E-state index in [9.17, 15) is 4.79 Å². The maximum Gasteiger partial charge on any atom is 0.322 e. The number of amides is 2. The van der Waals surface area contributed by atoms with Crippen LogP contribution in [0.5, 0.6) is 11.8 Å². The van der Waals surface area contributed by atoms with E-state index in [1.807, 2.05) is 21.8 Å². The summed E-state index contributed by atoms with van der Waals surface area (Å²) in [5.41, 5.74) is 0.537.